The van der Waals surface area contributed by atoms with E-state index in [4.69, 9.17) is 0 Å². The van der Waals surface area contributed by atoms with E-state index >= 15 is 0 Å². The van der Waals surface area contributed by atoms with Crippen molar-refractivity contribution < 1.29 is 4.79 Å². The van der Waals surface area contributed by atoms with Crippen LogP contribution in [0.4, 0.5) is 0 Å². The molecule has 0 bridgehead atoms. The van der Waals surface area contributed by atoms with Gasteiger partial charge in [0, 0.05) is 42.4 Å². The molecule has 134 valence electrons. The highest BCUT2D eigenvalue weighted by Gasteiger charge is 2.40. The topological polar surface area (TPSA) is 66.7 Å². The Labute approximate surface area is 161 Å². The zero-order valence-corrected chi connectivity index (χ0v) is 15.4. The first-order valence-corrected chi connectivity index (χ1v) is 9.91. The molecule has 5 rings (SSSR count). The Morgan fingerprint density at radius 2 is 2.30 bits per heavy atom. The summed E-state index contributed by atoms with van der Waals surface area (Å²) in [4.78, 5) is 26.3. The molecule has 1 saturated heterocycles. The molecule has 2 aromatic rings. The predicted octanol–water partition coefficient (Wildman–Crippen LogP) is 3.79. The van der Waals surface area contributed by atoms with Crippen molar-refractivity contribution in [2.24, 2.45) is 21.8 Å². The number of amides is 1. The summed E-state index contributed by atoms with van der Waals surface area (Å²) in [7, 11) is 0. The van der Waals surface area contributed by atoms with E-state index in [0.29, 0.717) is 28.5 Å². The number of aliphatic imine (C=N–C) groups is 2. The Morgan fingerprint density at radius 1 is 1.33 bits per heavy atom. The highest BCUT2D eigenvalue weighted by atomic mass is 32.2. The molecule has 2 fully saturated rings. The van der Waals surface area contributed by atoms with Gasteiger partial charge in [-0.25, -0.2) is 0 Å². The molecular weight excluding hydrogens is 356 g/mol. The van der Waals surface area contributed by atoms with Gasteiger partial charge in [-0.3, -0.25) is 19.8 Å². The SMILES string of the molecule is O=C1NC(=NCCC2=NC=CC3CC23)S/C1=C\c1ccc2ncccc2c1. The largest absolute Gasteiger partial charge is 0.301 e. The monoisotopic (exact) mass is 374 g/mol. The van der Waals surface area contributed by atoms with Gasteiger partial charge in [-0.15, -0.1) is 0 Å². The van der Waals surface area contributed by atoms with Gasteiger partial charge < -0.3 is 5.32 Å². The maximum absolute atomic E-state index is 12.2. The smallest absolute Gasteiger partial charge is 0.264 e. The quantitative estimate of drug-likeness (QED) is 0.828. The second-order valence-corrected chi connectivity index (χ2v) is 7.96. The molecule has 1 saturated carbocycles. The highest BCUT2D eigenvalue weighted by molar-refractivity contribution is 8.18. The molecule has 1 N–H and O–H groups in total. The van der Waals surface area contributed by atoms with E-state index in [2.05, 4.69) is 26.4 Å². The highest BCUT2D eigenvalue weighted by Crippen LogP contribution is 2.43. The molecule has 3 aliphatic rings. The molecule has 1 aromatic heterocycles. The molecule has 2 atom stereocenters. The van der Waals surface area contributed by atoms with Gasteiger partial charge in [-0.1, -0.05) is 18.2 Å². The number of allylic oxidation sites excluding steroid dienone is 1. The third kappa shape index (κ3) is 3.45. The minimum Gasteiger partial charge on any atom is -0.301 e. The molecule has 1 amide bonds. The Balaban J connectivity index is 1.27. The van der Waals surface area contributed by atoms with Gasteiger partial charge >= 0.3 is 0 Å². The zero-order valence-electron chi connectivity index (χ0n) is 14.6. The van der Waals surface area contributed by atoms with Crippen LogP contribution < -0.4 is 5.32 Å². The van der Waals surface area contributed by atoms with E-state index in [-0.39, 0.29) is 5.91 Å². The molecule has 1 aromatic carbocycles. The summed E-state index contributed by atoms with van der Waals surface area (Å²) in [6.45, 7) is 0.660. The lowest BCUT2D eigenvalue weighted by molar-refractivity contribution is -0.115. The van der Waals surface area contributed by atoms with Gasteiger partial charge in [-0.2, -0.15) is 0 Å². The average Bonchev–Trinajstić information content (AvgIpc) is 3.40. The van der Waals surface area contributed by atoms with E-state index in [9.17, 15) is 4.79 Å². The van der Waals surface area contributed by atoms with Crippen molar-refractivity contribution in [2.75, 3.05) is 6.54 Å². The van der Waals surface area contributed by atoms with Gasteiger partial charge in [0.2, 0.25) is 0 Å². The number of carbonyl (C=O) groups excluding carboxylic acids is 1. The predicted molar refractivity (Wildman–Crippen MR) is 111 cm³/mol. The minimum absolute atomic E-state index is 0.0924. The summed E-state index contributed by atoms with van der Waals surface area (Å²) in [5.74, 6) is 1.25. The van der Waals surface area contributed by atoms with Crippen LogP contribution in [0.5, 0.6) is 0 Å². The van der Waals surface area contributed by atoms with E-state index in [1.165, 1.54) is 23.9 Å². The minimum atomic E-state index is -0.0924. The van der Waals surface area contributed by atoms with Gasteiger partial charge in [0.15, 0.2) is 5.17 Å². The molecule has 2 unspecified atom stereocenters. The molecule has 27 heavy (non-hydrogen) atoms. The van der Waals surface area contributed by atoms with Crippen molar-refractivity contribution in [1.82, 2.24) is 10.3 Å². The van der Waals surface area contributed by atoms with Crippen LogP contribution in [-0.4, -0.2) is 28.3 Å². The van der Waals surface area contributed by atoms with Crippen LogP contribution in [0.3, 0.4) is 0 Å². The number of carbonyl (C=O) groups is 1. The van der Waals surface area contributed by atoms with E-state index in [0.717, 1.165) is 22.9 Å². The lowest BCUT2D eigenvalue weighted by Crippen LogP contribution is -2.20. The number of benzene rings is 1. The maximum atomic E-state index is 12.2. The van der Waals surface area contributed by atoms with E-state index in [1.54, 1.807) is 6.20 Å². The Morgan fingerprint density at radius 3 is 3.26 bits per heavy atom. The van der Waals surface area contributed by atoms with Crippen molar-refractivity contribution in [1.29, 1.82) is 0 Å². The van der Waals surface area contributed by atoms with Crippen LogP contribution in [0.2, 0.25) is 0 Å². The number of pyridine rings is 1. The number of amidine groups is 1. The number of thioether (sulfide) groups is 1. The van der Waals surface area contributed by atoms with Gasteiger partial charge in [0.1, 0.15) is 0 Å². The van der Waals surface area contributed by atoms with Gasteiger partial charge in [0.25, 0.3) is 5.91 Å². The first-order chi connectivity index (χ1) is 13.3. The second-order valence-electron chi connectivity index (χ2n) is 6.93. The Kier molecular flexibility index (Phi) is 4.13. The summed E-state index contributed by atoms with van der Waals surface area (Å²) in [6.07, 6.45) is 9.88. The number of nitrogens with one attached hydrogen (secondary N) is 1. The molecule has 6 heteroatoms. The van der Waals surface area contributed by atoms with Crippen LogP contribution in [0, 0.1) is 11.8 Å². The standard InChI is InChI=1S/C21H18N4OS/c26-20-19(11-13-3-4-17-15(10-13)2-1-7-22-17)27-21(25-20)24-9-6-18-16-12-14(16)5-8-23-18/h1-5,7-8,10-11,14,16H,6,9,12H2,(H,24,25,26)/b19-11-. The number of nitrogens with zero attached hydrogens (tertiary/aromatic N) is 3. The van der Waals surface area contributed by atoms with Crippen LogP contribution in [0.1, 0.15) is 18.4 Å². The second kappa shape index (κ2) is 6.78. The first-order valence-electron chi connectivity index (χ1n) is 9.10. The number of hydrogen-bond donors (Lipinski definition) is 1. The fraction of sp³-hybridized carbons (Fsp3) is 0.238. The summed E-state index contributed by atoms with van der Waals surface area (Å²) in [5.41, 5.74) is 3.18. The zero-order chi connectivity index (χ0) is 18.2. The Bertz CT molecular complexity index is 1050. The van der Waals surface area contributed by atoms with E-state index in [1.807, 2.05) is 42.6 Å². The van der Waals surface area contributed by atoms with E-state index < -0.39 is 0 Å². The lowest BCUT2D eigenvalue weighted by atomic mass is 10.1. The molecule has 2 aliphatic heterocycles. The van der Waals surface area contributed by atoms with Gasteiger partial charge in [-0.05, 0) is 53.9 Å². The normalized spacial score (nSPS) is 26.4. The molecule has 5 nitrogen and oxygen atoms in total. The molecule has 0 radical (unpaired) electrons. The fourth-order valence-corrected chi connectivity index (χ4v) is 4.36. The van der Waals surface area contributed by atoms with Crippen molar-refractivity contribution in [3.8, 4) is 0 Å². The first kappa shape index (κ1) is 16.4. The van der Waals surface area contributed by atoms with Crippen LogP contribution in [0.25, 0.3) is 17.0 Å². The molecule has 0 spiro atoms. The van der Waals surface area contributed by atoms with Crippen LogP contribution in [-0.2, 0) is 4.79 Å². The molecule has 1 aliphatic carbocycles. The summed E-state index contributed by atoms with van der Waals surface area (Å²) in [5, 5.41) is 4.59. The van der Waals surface area contributed by atoms with Crippen molar-refractivity contribution in [2.45, 2.75) is 12.8 Å². The Hall–Kier alpha value is -2.73. The summed E-state index contributed by atoms with van der Waals surface area (Å²) in [6, 6.07) is 9.92. The lowest BCUT2D eigenvalue weighted by Gasteiger charge is -2.05. The molecule has 3 heterocycles. The van der Waals surface area contributed by atoms with Crippen LogP contribution >= 0.6 is 11.8 Å². The summed E-state index contributed by atoms with van der Waals surface area (Å²) < 4.78 is 0. The molecular formula is C21H18N4OS. The van der Waals surface area contributed by atoms with Crippen LogP contribution in [0.15, 0.2) is 63.7 Å². The third-order valence-electron chi connectivity index (χ3n) is 5.04. The van der Waals surface area contributed by atoms with Crippen molar-refractivity contribution in [3.63, 3.8) is 0 Å². The van der Waals surface area contributed by atoms with Crippen molar-refractivity contribution >= 4 is 45.5 Å². The van der Waals surface area contributed by atoms with Gasteiger partial charge in [0.05, 0.1) is 10.4 Å². The number of fused-ring (bicyclic) bond motifs is 2. The number of aromatic nitrogens is 1. The van der Waals surface area contributed by atoms with Crippen molar-refractivity contribution in [3.05, 3.63) is 59.3 Å². The maximum Gasteiger partial charge on any atom is 0.264 e. The number of hydrogen-bond acceptors (Lipinski definition) is 5. The third-order valence-corrected chi connectivity index (χ3v) is 5.99. The summed E-state index contributed by atoms with van der Waals surface area (Å²) >= 11 is 1.40. The number of rotatable bonds is 4. The average molecular weight is 374 g/mol. The fourth-order valence-electron chi connectivity index (χ4n) is 3.51.